The van der Waals surface area contributed by atoms with Crippen LogP contribution < -0.4 is 9.80 Å². The van der Waals surface area contributed by atoms with Crippen molar-refractivity contribution < 1.29 is 14.9 Å². The van der Waals surface area contributed by atoms with Crippen LogP contribution >= 0.6 is 0 Å². The molecule has 1 heterocycles. The molecule has 0 saturated heterocycles. The normalized spacial score (nSPS) is 12.9. The van der Waals surface area contributed by atoms with Crippen LogP contribution in [0, 0.1) is 22.7 Å². The maximum absolute atomic E-state index is 9.42. The smallest absolute Gasteiger partial charge is 0.137 e. The number of allylic oxidation sites excluding steroid dienone is 6. The Balaban J connectivity index is 1.79. The van der Waals surface area contributed by atoms with Crippen molar-refractivity contribution in [2.75, 3.05) is 49.2 Å². The first-order chi connectivity index (χ1) is 19.0. The van der Waals surface area contributed by atoms with Gasteiger partial charge in [0.15, 0.2) is 0 Å². The number of aliphatic hydroxyl groups excluding tert-OH is 2. The molecule has 7 heteroatoms. The highest BCUT2D eigenvalue weighted by atomic mass is 16.5. The summed E-state index contributed by atoms with van der Waals surface area (Å²) in [6, 6.07) is 19.9. The van der Waals surface area contributed by atoms with Crippen molar-refractivity contribution in [1.82, 2.24) is 0 Å². The number of ether oxygens (including phenoxy) is 1. The fraction of sp³-hybridized carbons (Fsp3) is 0.250. The molecule has 2 aromatic carbocycles. The van der Waals surface area contributed by atoms with Crippen LogP contribution in [0.5, 0.6) is 0 Å². The number of nitrogens with zero attached hydrogens (tertiary/aromatic N) is 4. The number of rotatable bonds is 12. The van der Waals surface area contributed by atoms with Crippen molar-refractivity contribution >= 4 is 23.5 Å². The molecule has 0 aliphatic carbocycles. The second-order valence-electron chi connectivity index (χ2n) is 8.71. The number of hydrogen-bond donors (Lipinski definition) is 2. The SMILES string of the molecule is CCN(CCO)c1ccc(C=CC2=CC(=C(C#N)C#N)C=C(C=Cc3ccc(N(CC)CCO)cc3)O2)cc1. The van der Waals surface area contributed by atoms with Gasteiger partial charge in [-0.25, -0.2) is 0 Å². The molecule has 2 aromatic rings. The summed E-state index contributed by atoms with van der Waals surface area (Å²) in [5.41, 5.74) is 4.49. The summed E-state index contributed by atoms with van der Waals surface area (Å²) in [5.74, 6) is 1.01. The summed E-state index contributed by atoms with van der Waals surface area (Å²) >= 11 is 0. The fourth-order valence-electron chi connectivity index (χ4n) is 4.14. The molecule has 0 fully saturated rings. The van der Waals surface area contributed by atoms with E-state index in [9.17, 15) is 20.7 Å². The van der Waals surface area contributed by atoms with Gasteiger partial charge in [-0.2, -0.15) is 10.5 Å². The fourth-order valence-corrected chi connectivity index (χ4v) is 4.14. The van der Waals surface area contributed by atoms with Crippen LogP contribution in [0.3, 0.4) is 0 Å². The van der Waals surface area contributed by atoms with Crippen LogP contribution in [-0.4, -0.2) is 49.6 Å². The van der Waals surface area contributed by atoms with Crippen molar-refractivity contribution in [3.8, 4) is 12.1 Å². The summed E-state index contributed by atoms with van der Waals surface area (Å²) in [4.78, 5) is 4.18. The maximum atomic E-state index is 9.42. The average molecular weight is 523 g/mol. The third-order valence-corrected chi connectivity index (χ3v) is 6.24. The number of benzene rings is 2. The zero-order chi connectivity index (χ0) is 28.0. The zero-order valence-electron chi connectivity index (χ0n) is 22.4. The maximum Gasteiger partial charge on any atom is 0.137 e. The Hall–Kier alpha value is -4.56. The molecule has 1 aliphatic rings. The summed E-state index contributed by atoms with van der Waals surface area (Å²) in [7, 11) is 0. The number of hydrogen-bond acceptors (Lipinski definition) is 7. The van der Waals surface area contributed by atoms with E-state index in [0.29, 0.717) is 30.2 Å². The number of nitriles is 2. The van der Waals surface area contributed by atoms with E-state index < -0.39 is 0 Å². The van der Waals surface area contributed by atoms with Gasteiger partial charge >= 0.3 is 0 Å². The van der Waals surface area contributed by atoms with Crippen molar-refractivity contribution in [2.45, 2.75) is 13.8 Å². The highest BCUT2D eigenvalue weighted by Crippen LogP contribution is 2.25. The second kappa shape index (κ2) is 15.0. The van der Waals surface area contributed by atoms with Gasteiger partial charge in [0.05, 0.1) is 13.2 Å². The monoisotopic (exact) mass is 522 g/mol. The molecule has 2 N–H and O–H groups in total. The van der Waals surface area contributed by atoms with Gasteiger partial charge in [-0.05, 0) is 73.5 Å². The number of likely N-dealkylation sites (N-methyl/N-ethyl adjacent to an activating group) is 2. The van der Waals surface area contributed by atoms with E-state index in [4.69, 9.17) is 4.74 Å². The summed E-state index contributed by atoms with van der Waals surface area (Å²) < 4.78 is 6.05. The van der Waals surface area contributed by atoms with E-state index in [2.05, 4.69) is 9.80 Å². The molecule has 0 radical (unpaired) electrons. The molecule has 0 amide bonds. The Kier molecular flexibility index (Phi) is 11.2. The van der Waals surface area contributed by atoms with Gasteiger partial charge in [0.1, 0.15) is 29.2 Å². The van der Waals surface area contributed by atoms with Gasteiger partial charge in [0.2, 0.25) is 0 Å². The van der Waals surface area contributed by atoms with Gasteiger partial charge in [-0.1, -0.05) is 36.4 Å². The van der Waals surface area contributed by atoms with E-state index >= 15 is 0 Å². The van der Waals surface area contributed by atoms with Crippen LogP contribution in [0.15, 0.2) is 95.5 Å². The molecule has 3 rings (SSSR count). The van der Waals surface area contributed by atoms with Gasteiger partial charge in [-0.3, -0.25) is 0 Å². The van der Waals surface area contributed by atoms with E-state index in [-0.39, 0.29) is 18.8 Å². The molecule has 39 heavy (non-hydrogen) atoms. The second-order valence-corrected chi connectivity index (χ2v) is 8.71. The lowest BCUT2D eigenvalue weighted by Crippen LogP contribution is -2.25. The molecule has 0 aromatic heterocycles. The minimum Gasteiger partial charge on any atom is -0.457 e. The molecule has 0 unspecified atom stereocenters. The minimum atomic E-state index is 0.0101. The first kappa shape index (κ1) is 29.0. The quantitative estimate of drug-likeness (QED) is 0.370. The Morgan fingerprint density at radius 3 is 1.46 bits per heavy atom. The zero-order valence-corrected chi connectivity index (χ0v) is 22.4. The van der Waals surface area contributed by atoms with Crippen LogP contribution in [0.4, 0.5) is 11.4 Å². The predicted octanol–water partition coefficient (Wildman–Crippen LogP) is 5.19. The number of anilines is 2. The Morgan fingerprint density at radius 1 is 0.718 bits per heavy atom. The highest BCUT2D eigenvalue weighted by Gasteiger charge is 2.12. The third-order valence-electron chi connectivity index (χ3n) is 6.24. The topological polar surface area (TPSA) is 104 Å². The third kappa shape index (κ3) is 8.21. The molecule has 200 valence electrons. The molecule has 0 spiro atoms. The van der Waals surface area contributed by atoms with E-state index in [1.807, 2.05) is 98.8 Å². The Morgan fingerprint density at radius 2 is 1.13 bits per heavy atom. The van der Waals surface area contributed by atoms with Gasteiger partial charge in [0, 0.05) is 43.1 Å². The first-order valence-corrected chi connectivity index (χ1v) is 13.0. The highest BCUT2D eigenvalue weighted by molar-refractivity contribution is 5.62. The molecule has 0 atom stereocenters. The van der Waals surface area contributed by atoms with Gasteiger partial charge in [0.25, 0.3) is 0 Å². The van der Waals surface area contributed by atoms with Crippen molar-refractivity contribution in [2.24, 2.45) is 0 Å². The summed E-state index contributed by atoms with van der Waals surface area (Å²) in [6.45, 7) is 7.06. The van der Waals surface area contributed by atoms with E-state index in [1.165, 1.54) is 0 Å². The number of aliphatic hydroxyl groups is 2. The van der Waals surface area contributed by atoms with Crippen LogP contribution in [0.2, 0.25) is 0 Å². The van der Waals surface area contributed by atoms with Crippen molar-refractivity contribution in [3.05, 3.63) is 107 Å². The largest absolute Gasteiger partial charge is 0.457 e. The van der Waals surface area contributed by atoms with E-state index in [0.717, 1.165) is 35.6 Å². The molecular weight excluding hydrogens is 488 g/mol. The van der Waals surface area contributed by atoms with Gasteiger partial charge in [-0.15, -0.1) is 0 Å². The molecule has 0 saturated carbocycles. The lowest BCUT2D eigenvalue weighted by Gasteiger charge is -2.22. The average Bonchev–Trinajstić information content (AvgIpc) is 2.98. The van der Waals surface area contributed by atoms with Crippen molar-refractivity contribution in [1.29, 1.82) is 10.5 Å². The van der Waals surface area contributed by atoms with Crippen LogP contribution in [0.25, 0.3) is 12.2 Å². The first-order valence-electron chi connectivity index (χ1n) is 13.0. The Bertz CT molecular complexity index is 1240. The lowest BCUT2D eigenvalue weighted by atomic mass is 10.1. The Labute approximate surface area is 230 Å². The van der Waals surface area contributed by atoms with Crippen molar-refractivity contribution in [3.63, 3.8) is 0 Å². The summed E-state index contributed by atoms with van der Waals surface area (Å²) in [6.07, 6.45) is 10.8. The predicted molar refractivity (Wildman–Crippen MR) is 156 cm³/mol. The van der Waals surface area contributed by atoms with E-state index in [1.54, 1.807) is 12.2 Å². The lowest BCUT2D eigenvalue weighted by molar-refractivity contribution is 0.302. The minimum absolute atomic E-state index is 0.0101. The standard InChI is InChI=1S/C32H34N4O3/c1-3-35(17-19-37)29-11-5-25(6-12-29)9-15-31-21-27(28(23-33)24-34)22-32(39-31)16-10-26-7-13-30(14-8-26)36(4-2)18-20-38/h5-16,21-22,37-38H,3-4,17-20H2,1-2H3. The molecule has 7 nitrogen and oxygen atoms in total. The molecule has 0 bridgehead atoms. The molecule has 1 aliphatic heterocycles. The van der Waals surface area contributed by atoms with Crippen LogP contribution in [-0.2, 0) is 4.74 Å². The molecular formula is C32H34N4O3. The van der Waals surface area contributed by atoms with Gasteiger partial charge < -0.3 is 24.7 Å². The van der Waals surface area contributed by atoms with Crippen LogP contribution in [0.1, 0.15) is 25.0 Å². The summed E-state index contributed by atoms with van der Waals surface area (Å²) in [5, 5.41) is 37.4.